The van der Waals surface area contributed by atoms with Crippen molar-refractivity contribution in [1.82, 2.24) is 4.67 Å². The van der Waals surface area contributed by atoms with Crippen molar-refractivity contribution in [2.24, 2.45) is 0 Å². The van der Waals surface area contributed by atoms with Gasteiger partial charge in [-0.1, -0.05) is 24.3 Å². The number of hydrogen-bond donors (Lipinski definition) is 0. The number of aryl methyl sites for hydroxylation is 2. The maximum Gasteiger partial charge on any atom is 0.384 e. The Hall–Kier alpha value is -1.57. The first-order valence-electron chi connectivity index (χ1n) is 9.27. The number of benzene rings is 2. The molecule has 0 saturated heterocycles. The van der Waals surface area contributed by atoms with Crippen LogP contribution in [0.2, 0.25) is 0 Å². The zero-order chi connectivity index (χ0) is 17.0. The zero-order valence-electron chi connectivity index (χ0n) is 14.9. The Kier molecular flexibility index (Phi) is 3.59. The second kappa shape index (κ2) is 5.72. The summed E-state index contributed by atoms with van der Waals surface area (Å²) < 4.78 is 15.0. The molecule has 0 radical (unpaired) electrons. The van der Waals surface area contributed by atoms with Crippen molar-refractivity contribution in [3.05, 3.63) is 58.7 Å². The van der Waals surface area contributed by atoms with Gasteiger partial charge >= 0.3 is 8.53 Å². The number of nitrogens with zero attached hydrogens (tertiary/aromatic N) is 1. The standard InChI is InChI=1S/C21H24NO2P/c1-22(2)25-23-17-11-3-7-15-9-5-13-21(19(15)17)14-6-10-16-8-4-12-18(24-25)20(16)21/h3-4,7-8,11-12H,5-6,9-10,13-14H2,1-2H3. The smallest absolute Gasteiger partial charge is 0.384 e. The molecule has 130 valence electrons. The van der Waals surface area contributed by atoms with E-state index in [0.29, 0.717) is 0 Å². The lowest BCUT2D eigenvalue weighted by Gasteiger charge is -2.46. The minimum absolute atomic E-state index is 0.0715. The second-order valence-corrected chi connectivity index (χ2v) is 9.28. The minimum atomic E-state index is -1.14. The highest BCUT2D eigenvalue weighted by Crippen LogP contribution is 2.59. The van der Waals surface area contributed by atoms with Crippen LogP contribution in [0.1, 0.15) is 47.9 Å². The Labute approximate surface area is 150 Å². The van der Waals surface area contributed by atoms with E-state index in [9.17, 15) is 0 Å². The van der Waals surface area contributed by atoms with Crippen LogP contribution in [0.15, 0.2) is 36.4 Å². The molecule has 0 unspecified atom stereocenters. The van der Waals surface area contributed by atoms with Gasteiger partial charge in [0.1, 0.15) is 11.5 Å². The Bertz CT molecular complexity index is 767. The van der Waals surface area contributed by atoms with E-state index in [1.807, 2.05) is 14.1 Å². The van der Waals surface area contributed by atoms with Crippen LogP contribution in [0, 0.1) is 0 Å². The number of hydrogen-bond acceptors (Lipinski definition) is 3. The van der Waals surface area contributed by atoms with Gasteiger partial charge in [-0.05, 0) is 75.9 Å². The Morgan fingerprint density at radius 3 is 1.84 bits per heavy atom. The summed E-state index contributed by atoms with van der Waals surface area (Å²) >= 11 is 0. The summed E-state index contributed by atoms with van der Waals surface area (Å²) in [5, 5.41) is 0. The molecule has 4 heteroatoms. The summed E-state index contributed by atoms with van der Waals surface area (Å²) in [6.07, 6.45) is 7.21. The molecule has 0 atom stereocenters. The lowest BCUT2D eigenvalue weighted by Crippen LogP contribution is -2.38. The zero-order valence-corrected chi connectivity index (χ0v) is 15.8. The van der Waals surface area contributed by atoms with Gasteiger partial charge in [-0.3, -0.25) is 0 Å². The quantitative estimate of drug-likeness (QED) is 0.657. The molecule has 25 heavy (non-hydrogen) atoms. The van der Waals surface area contributed by atoms with E-state index in [4.69, 9.17) is 9.05 Å². The largest absolute Gasteiger partial charge is 0.427 e. The minimum Gasteiger partial charge on any atom is -0.427 e. The molecule has 0 amide bonds. The molecule has 2 aliphatic carbocycles. The molecule has 3 aliphatic rings. The van der Waals surface area contributed by atoms with Crippen LogP contribution >= 0.6 is 8.53 Å². The highest BCUT2D eigenvalue weighted by Gasteiger charge is 2.47. The van der Waals surface area contributed by atoms with Crippen LogP contribution in [0.25, 0.3) is 0 Å². The summed E-state index contributed by atoms with van der Waals surface area (Å²) in [7, 11) is 2.92. The van der Waals surface area contributed by atoms with Gasteiger partial charge < -0.3 is 9.05 Å². The molecule has 3 nitrogen and oxygen atoms in total. The van der Waals surface area contributed by atoms with E-state index in [0.717, 1.165) is 24.3 Å². The van der Waals surface area contributed by atoms with E-state index in [1.165, 1.54) is 47.9 Å². The molecule has 0 N–H and O–H groups in total. The molecule has 0 fully saturated rings. The monoisotopic (exact) mass is 353 g/mol. The lowest BCUT2D eigenvalue weighted by molar-refractivity contribution is 0.326. The molecule has 0 bridgehead atoms. The van der Waals surface area contributed by atoms with E-state index < -0.39 is 8.53 Å². The maximum absolute atomic E-state index is 6.46. The summed E-state index contributed by atoms with van der Waals surface area (Å²) in [6.45, 7) is 0. The molecular weight excluding hydrogens is 329 g/mol. The van der Waals surface area contributed by atoms with Gasteiger partial charge in [-0.15, -0.1) is 0 Å². The van der Waals surface area contributed by atoms with E-state index in [-0.39, 0.29) is 5.41 Å². The van der Waals surface area contributed by atoms with Crippen molar-refractivity contribution in [3.8, 4) is 11.5 Å². The molecule has 1 aliphatic heterocycles. The molecular formula is C21H24NO2P. The Morgan fingerprint density at radius 1 is 0.840 bits per heavy atom. The highest BCUT2D eigenvalue weighted by molar-refractivity contribution is 7.45. The molecule has 2 aromatic carbocycles. The van der Waals surface area contributed by atoms with E-state index >= 15 is 0 Å². The molecule has 1 heterocycles. The summed E-state index contributed by atoms with van der Waals surface area (Å²) in [5.41, 5.74) is 5.92. The fourth-order valence-electron chi connectivity index (χ4n) is 5.07. The highest BCUT2D eigenvalue weighted by atomic mass is 31.2. The molecule has 0 aromatic heterocycles. The van der Waals surface area contributed by atoms with Crippen molar-refractivity contribution in [1.29, 1.82) is 0 Å². The van der Waals surface area contributed by atoms with Gasteiger partial charge in [-0.25, -0.2) is 4.67 Å². The fourth-order valence-corrected chi connectivity index (χ4v) is 6.07. The molecule has 0 saturated carbocycles. The average Bonchev–Trinajstić information content (AvgIpc) is 2.60. The van der Waals surface area contributed by atoms with Crippen LogP contribution in [0.5, 0.6) is 11.5 Å². The lowest BCUT2D eigenvalue weighted by atomic mass is 9.59. The summed E-state index contributed by atoms with van der Waals surface area (Å²) in [5.74, 6) is 2.08. The molecule has 5 rings (SSSR count). The third kappa shape index (κ3) is 2.26. The SMILES string of the molecule is CN(C)P1Oc2cccc3c2C2(CCC3)CCCc3cccc(c32)O1. The van der Waals surface area contributed by atoms with Gasteiger partial charge in [-0.2, -0.15) is 0 Å². The van der Waals surface area contributed by atoms with Gasteiger partial charge in [0.25, 0.3) is 0 Å². The Balaban J connectivity index is 1.84. The predicted octanol–water partition coefficient (Wildman–Crippen LogP) is 5.21. The number of rotatable bonds is 1. The van der Waals surface area contributed by atoms with Gasteiger partial charge in [0.15, 0.2) is 0 Å². The topological polar surface area (TPSA) is 21.7 Å². The van der Waals surface area contributed by atoms with Crippen LogP contribution < -0.4 is 9.05 Å². The Morgan fingerprint density at radius 2 is 1.36 bits per heavy atom. The van der Waals surface area contributed by atoms with Crippen molar-refractivity contribution >= 4 is 8.53 Å². The first kappa shape index (κ1) is 15.7. The third-order valence-corrected chi connectivity index (χ3v) is 7.32. The van der Waals surface area contributed by atoms with Crippen LogP contribution in [0.3, 0.4) is 0 Å². The first-order valence-corrected chi connectivity index (χ1v) is 10.4. The predicted molar refractivity (Wildman–Crippen MR) is 101 cm³/mol. The van der Waals surface area contributed by atoms with Crippen molar-refractivity contribution in [2.45, 2.75) is 43.9 Å². The van der Waals surface area contributed by atoms with E-state index in [2.05, 4.69) is 41.1 Å². The second-order valence-electron chi connectivity index (χ2n) is 7.64. The van der Waals surface area contributed by atoms with Crippen LogP contribution in [-0.2, 0) is 18.3 Å². The van der Waals surface area contributed by atoms with E-state index in [1.54, 1.807) is 0 Å². The fraction of sp³-hybridized carbons (Fsp3) is 0.429. The van der Waals surface area contributed by atoms with Crippen LogP contribution in [0.4, 0.5) is 0 Å². The summed E-state index contributed by atoms with van der Waals surface area (Å²) in [6, 6.07) is 13.2. The summed E-state index contributed by atoms with van der Waals surface area (Å²) in [4.78, 5) is 0. The average molecular weight is 353 g/mol. The normalized spacial score (nSPS) is 20.6. The molecule has 1 spiro atoms. The van der Waals surface area contributed by atoms with Crippen LogP contribution in [-0.4, -0.2) is 18.8 Å². The van der Waals surface area contributed by atoms with Gasteiger partial charge in [0.2, 0.25) is 0 Å². The van der Waals surface area contributed by atoms with Crippen molar-refractivity contribution in [2.75, 3.05) is 14.1 Å². The van der Waals surface area contributed by atoms with Gasteiger partial charge in [0, 0.05) is 16.5 Å². The van der Waals surface area contributed by atoms with Crippen molar-refractivity contribution in [3.63, 3.8) is 0 Å². The van der Waals surface area contributed by atoms with Crippen molar-refractivity contribution < 1.29 is 9.05 Å². The van der Waals surface area contributed by atoms with Gasteiger partial charge in [0.05, 0.1) is 0 Å². The molecule has 2 aromatic rings. The third-order valence-electron chi connectivity index (χ3n) is 5.96. The first-order chi connectivity index (χ1) is 12.2. The maximum atomic E-state index is 6.46.